The molecule has 84 valence electrons. The summed E-state index contributed by atoms with van der Waals surface area (Å²) < 4.78 is 5.37. The minimum Gasteiger partial charge on any atom is -0.377 e. The molecule has 1 aromatic rings. The lowest BCUT2D eigenvalue weighted by Gasteiger charge is -2.13. The molecule has 0 saturated carbocycles. The van der Waals surface area contributed by atoms with Crippen LogP contribution >= 0.6 is 23.2 Å². The summed E-state index contributed by atoms with van der Waals surface area (Å²) in [6.07, 6.45) is 1.68. The number of aromatic nitrogens is 1. The Morgan fingerprint density at radius 3 is 2.87 bits per heavy atom. The normalized spacial score (nSPS) is 12.5. The zero-order valence-corrected chi connectivity index (χ0v) is 10.3. The topological polar surface area (TPSA) is 34.1 Å². The quantitative estimate of drug-likeness (QED) is 0.869. The van der Waals surface area contributed by atoms with Gasteiger partial charge in [0.1, 0.15) is 5.82 Å². The van der Waals surface area contributed by atoms with Crippen LogP contribution in [0, 0.1) is 0 Å². The molecule has 1 aromatic heterocycles. The number of nitrogens with one attached hydrogen (secondary N) is 1. The van der Waals surface area contributed by atoms with Crippen molar-refractivity contribution in [1.82, 2.24) is 4.98 Å². The van der Waals surface area contributed by atoms with Crippen LogP contribution in [0.1, 0.15) is 13.8 Å². The summed E-state index contributed by atoms with van der Waals surface area (Å²) in [4.78, 5) is 4.08. The van der Waals surface area contributed by atoms with Gasteiger partial charge in [-0.15, -0.1) is 0 Å². The molecule has 0 aliphatic rings. The van der Waals surface area contributed by atoms with Crippen LogP contribution in [0.3, 0.4) is 0 Å². The third-order valence-corrected chi connectivity index (χ3v) is 2.31. The molecule has 0 amide bonds. The average molecular weight is 249 g/mol. The summed E-state index contributed by atoms with van der Waals surface area (Å²) in [5.74, 6) is 0.632. The highest BCUT2D eigenvalue weighted by atomic mass is 35.5. The summed E-state index contributed by atoms with van der Waals surface area (Å²) in [6.45, 7) is 5.32. The van der Waals surface area contributed by atoms with E-state index >= 15 is 0 Å². The second-order valence-electron chi connectivity index (χ2n) is 3.13. The first-order valence-electron chi connectivity index (χ1n) is 4.80. The van der Waals surface area contributed by atoms with Crippen molar-refractivity contribution in [2.45, 2.75) is 20.0 Å². The van der Waals surface area contributed by atoms with Crippen molar-refractivity contribution in [3.8, 4) is 0 Å². The lowest BCUT2D eigenvalue weighted by molar-refractivity contribution is 0.0855. The molecule has 0 fully saturated rings. The molecular weight excluding hydrogens is 235 g/mol. The standard InChI is InChI=1S/C10H14Cl2N2O/c1-3-15-7(2)5-13-10-9(12)4-8(11)6-14-10/h4,6-7H,3,5H2,1-2H3,(H,13,14). The van der Waals surface area contributed by atoms with Gasteiger partial charge in [0.05, 0.1) is 16.1 Å². The Labute approximate surface area is 99.7 Å². The second kappa shape index (κ2) is 6.16. The van der Waals surface area contributed by atoms with E-state index in [9.17, 15) is 0 Å². The fourth-order valence-corrected chi connectivity index (χ4v) is 1.58. The molecule has 1 unspecified atom stereocenters. The predicted molar refractivity (Wildman–Crippen MR) is 63.8 cm³/mol. The summed E-state index contributed by atoms with van der Waals surface area (Å²) in [5.41, 5.74) is 0. The van der Waals surface area contributed by atoms with Crippen molar-refractivity contribution in [2.24, 2.45) is 0 Å². The van der Waals surface area contributed by atoms with Gasteiger partial charge >= 0.3 is 0 Å². The number of nitrogens with zero attached hydrogens (tertiary/aromatic N) is 1. The lowest BCUT2D eigenvalue weighted by atomic mass is 10.4. The molecule has 0 spiro atoms. The Kier molecular flexibility index (Phi) is 5.15. The highest BCUT2D eigenvalue weighted by Gasteiger charge is 2.05. The lowest BCUT2D eigenvalue weighted by Crippen LogP contribution is -2.20. The van der Waals surface area contributed by atoms with Crippen molar-refractivity contribution in [3.05, 3.63) is 22.3 Å². The van der Waals surface area contributed by atoms with Crippen LogP contribution in [-0.4, -0.2) is 24.2 Å². The summed E-state index contributed by atoms with van der Waals surface area (Å²) in [6, 6.07) is 1.66. The van der Waals surface area contributed by atoms with Crippen LogP contribution in [0.25, 0.3) is 0 Å². The van der Waals surface area contributed by atoms with Crippen molar-refractivity contribution >= 4 is 29.0 Å². The fourth-order valence-electron chi connectivity index (χ4n) is 1.13. The van der Waals surface area contributed by atoms with E-state index in [-0.39, 0.29) is 6.10 Å². The van der Waals surface area contributed by atoms with Gasteiger partial charge < -0.3 is 10.1 Å². The van der Waals surface area contributed by atoms with Gasteiger partial charge in [0.25, 0.3) is 0 Å². The van der Waals surface area contributed by atoms with E-state index in [0.717, 1.165) is 0 Å². The number of pyridine rings is 1. The largest absolute Gasteiger partial charge is 0.377 e. The van der Waals surface area contributed by atoms with Crippen LogP contribution < -0.4 is 5.32 Å². The minimum atomic E-state index is 0.128. The molecule has 0 aromatic carbocycles. The van der Waals surface area contributed by atoms with Crippen molar-refractivity contribution in [2.75, 3.05) is 18.5 Å². The number of hydrogen-bond donors (Lipinski definition) is 1. The maximum atomic E-state index is 5.94. The molecule has 0 bridgehead atoms. The zero-order valence-electron chi connectivity index (χ0n) is 8.76. The first-order valence-corrected chi connectivity index (χ1v) is 5.55. The highest BCUT2D eigenvalue weighted by molar-refractivity contribution is 6.35. The molecule has 15 heavy (non-hydrogen) atoms. The molecule has 0 radical (unpaired) electrons. The van der Waals surface area contributed by atoms with Gasteiger partial charge in [-0.25, -0.2) is 4.98 Å². The van der Waals surface area contributed by atoms with Gasteiger partial charge in [-0.05, 0) is 19.9 Å². The molecule has 3 nitrogen and oxygen atoms in total. The van der Waals surface area contributed by atoms with Gasteiger partial charge in [0.15, 0.2) is 0 Å². The summed E-state index contributed by atoms with van der Waals surface area (Å²) in [7, 11) is 0. The molecule has 1 N–H and O–H groups in total. The summed E-state index contributed by atoms with van der Waals surface area (Å²) in [5, 5.41) is 4.15. The Morgan fingerprint density at radius 2 is 2.27 bits per heavy atom. The smallest absolute Gasteiger partial charge is 0.144 e. The van der Waals surface area contributed by atoms with Crippen LogP contribution in [0.2, 0.25) is 10.0 Å². The second-order valence-corrected chi connectivity index (χ2v) is 3.97. The fraction of sp³-hybridized carbons (Fsp3) is 0.500. The Balaban J connectivity index is 2.50. The highest BCUT2D eigenvalue weighted by Crippen LogP contribution is 2.22. The van der Waals surface area contributed by atoms with E-state index in [4.69, 9.17) is 27.9 Å². The molecule has 0 aliphatic heterocycles. The zero-order chi connectivity index (χ0) is 11.3. The maximum absolute atomic E-state index is 5.94. The number of rotatable bonds is 5. The van der Waals surface area contributed by atoms with Gasteiger partial charge in [0, 0.05) is 19.3 Å². The molecule has 0 saturated heterocycles. The third-order valence-electron chi connectivity index (χ3n) is 1.82. The Morgan fingerprint density at radius 1 is 1.53 bits per heavy atom. The van der Waals surface area contributed by atoms with Crippen LogP contribution in [0.15, 0.2) is 12.3 Å². The summed E-state index contributed by atoms with van der Waals surface area (Å²) >= 11 is 11.7. The Bertz CT molecular complexity index is 320. The average Bonchev–Trinajstić information content (AvgIpc) is 2.17. The monoisotopic (exact) mass is 248 g/mol. The van der Waals surface area contributed by atoms with E-state index < -0.39 is 0 Å². The van der Waals surface area contributed by atoms with E-state index in [1.165, 1.54) is 0 Å². The van der Waals surface area contributed by atoms with Crippen LogP contribution in [-0.2, 0) is 4.74 Å². The van der Waals surface area contributed by atoms with Gasteiger partial charge in [-0.2, -0.15) is 0 Å². The molecule has 0 aliphatic carbocycles. The molecule has 1 atom stereocenters. The molecule has 1 rings (SSSR count). The Hall–Kier alpha value is -0.510. The van der Waals surface area contributed by atoms with Crippen molar-refractivity contribution in [3.63, 3.8) is 0 Å². The molecule has 1 heterocycles. The SMILES string of the molecule is CCOC(C)CNc1ncc(Cl)cc1Cl. The number of halogens is 2. The molecule has 5 heteroatoms. The van der Waals surface area contributed by atoms with Gasteiger partial charge in [0.2, 0.25) is 0 Å². The van der Waals surface area contributed by atoms with Crippen LogP contribution in [0.5, 0.6) is 0 Å². The first-order chi connectivity index (χ1) is 7.13. The maximum Gasteiger partial charge on any atom is 0.144 e. The van der Waals surface area contributed by atoms with E-state index in [2.05, 4.69) is 10.3 Å². The van der Waals surface area contributed by atoms with Gasteiger partial charge in [-0.1, -0.05) is 23.2 Å². The number of anilines is 1. The minimum absolute atomic E-state index is 0.128. The van der Waals surface area contributed by atoms with E-state index in [0.29, 0.717) is 29.0 Å². The van der Waals surface area contributed by atoms with E-state index in [1.807, 2.05) is 13.8 Å². The van der Waals surface area contributed by atoms with Crippen molar-refractivity contribution in [1.29, 1.82) is 0 Å². The number of hydrogen-bond acceptors (Lipinski definition) is 3. The first kappa shape index (κ1) is 12.6. The number of ether oxygens (including phenoxy) is 1. The van der Waals surface area contributed by atoms with Crippen molar-refractivity contribution < 1.29 is 4.74 Å². The van der Waals surface area contributed by atoms with E-state index in [1.54, 1.807) is 12.3 Å². The van der Waals surface area contributed by atoms with Crippen LogP contribution in [0.4, 0.5) is 5.82 Å². The molecular formula is C10H14Cl2N2O. The third kappa shape index (κ3) is 4.24. The predicted octanol–water partition coefficient (Wildman–Crippen LogP) is 3.23. The van der Waals surface area contributed by atoms with Gasteiger partial charge in [-0.3, -0.25) is 0 Å².